The SMILES string of the molecule is Cc1cc(/C=N\NC(=O)C(O)(c2ccccc2)c2ccccc2)cn1-c1ccccc1. The Morgan fingerprint density at radius 2 is 1.42 bits per heavy atom. The average molecular weight is 409 g/mol. The van der Waals surface area contributed by atoms with Crippen LogP contribution in [0.5, 0.6) is 0 Å². The molecule has 4 aromatic rings. The largest absolute Gasteiger partial charge is 0.372 e. The van der Waals surface area contributed by atoms with Crippen LogP contribution in [0.1, 0.15) is 22.4 Å². The van der Waals surface area contributed by atoms with Crippen LogP contribution in [0, 0.1) is 6.92 Å². The van der Waals surface area contributed by atoms with Crippen LogP contribution in [0.3, 0.4) is 0 Å². The quantitative estimate of drug-likeness (QED) is 0.371. The molecular weight excluding hydrogens is 386 g/mol. The van der Waals surface area contributed by atoms with E-state index >= 15 is 0 Å². The van der Waals surface area contributed by atoms with Crippen molar-refractivity contribution in [2.45, 2.75) is 12.5 Å². The number of hydrogen-bond donors (Lipinski definition) is 2. The van der Waals surface area contributed by atoms with Crippen molar-refractivity contribution in [1.29, 1.82) is 0 Å². The van der Waals surface area contributed by atoms with E-state index in [1.54, 1.807) is 54.7 Å². The van der Waals surface area contributed by atoms with Crippen LogP contribution in [0.25, 0.3) is 5.69 Å². The van der Waals surface area contributed by atoms with Gasteiger partial charge in [-0.15, -0.1) is 0 Å². The molecule has 5 nitrogen and oxygen atoms in total. The number of rotatable bonds is 6. The highest BCUT2D eigenvalue weighted by atomic mass is 16.3. The van der Waals surface area contributed by atoms with E-state index in [-0.39, 0.29) is 0 Å². The molecule has 0 aliphatic carbocycles. The maximum Gasteiger partial charge on any atom is 0.281 e. The third-order valence-electron chi connectivity index (χ3n) is 5.16. The van der Waals surface area contributed by atoms with E-state index in [1.165, 1.54) is 0 Å². The summed E-state index contributed by atoms with van der Waals surface area (Å²) in [7, 11) is 0. The molecule has 0 bridgehead atoms. The fraction of sp³-hybridized carbons (Fsp3) is 0.0769. The van der Waals surface area contributed by atoms with Gasteiger partial charge in [-0.25, -0.2) is 5.43 Å². The van der Waals surface area contributed by atoms with Gasteiger partial charge in [0.25, 0.3) is 5.91 Å². The van der Waals surface area contributed by atoms with Gasteiger partial charge in [-0.2, -0.15) is 5.10 Å². The van der Waals surface area contributed by atoms with Gasteiger partial charge in [-0.05, 0) is 36.2 Å². The minimum atomic E-state index is -1.86. The molecule has 2 N–H and O–H groups in total. The summed E-state index contributed by atoms with van der Waals surface area (Å²) in [5.74, 6) is -0.625. The Kier molecular flexibility index (Phi) is 5.78. The summed E-state index contributed by atoms with van der Waals surface area (Å²) in [6.45, 7) is 2.01. The fourth-order valence-corrected chi connectivity index (χ4v) is 3.57. The van der Waals surface area contributed by atoms with E-state index in [2.05, 4.69) is 10.5 Å². The van der Waals surface area contributed by atoms with Crippen molar-refractivity contribution in [3.8, 4) is 5.69 Å². The lowest BCUT2D eigenvalue weighted by Crippen LogP contribution is -2.43. The minimum Gasteiger partial charge on any atom is -0.372 e. The Balaban J connectivity index is 1.57. The third kappa shape index (κ3) is 4.17. The maximum absolute atomic E-state index is 13.1. The zero-order chi connectivity index (χ0) is 21.7. The summed E-state index contributed by atoms with van der Waals surface area (Å²) in [4.78, 5) is 13.1. The number of benzene rings is 3. The summed E-state index contributed by atoms with van der Waals surface area (Å²) < 4.78 is 2.05. The van der Waals surface area contributed by atoms with Gasteiger partial charge in [-0.3, -0.25) is 4.79 Å². The van der Waals surface area contributed by atoms with E-state index in [0.717, 1.165) is 16.9 Å². The topological polar surface area (TPSA) is 66.6 Å². The zero-order valence-electron chi connectivity index (χ0n) is 17.1. The minimum absolute atomic E-state index is 0.472. The zero-order valence-corrected chi connectivity index (χ0v) is 17.1. The number of carbonyl (C=O) groups excluding carboxylic acids is 1. The second-order valence-electron chi connectivity index (χ2n) is 7.26. The fourth-order valence-electron chi connectivity index (χ4n) is 3.57. The van der Waals surface area contributed by atoms with E-state index < -0.39 is 11.5 Å². The Labute approximate surface area is 181 Å². The lowest BCUT2D eigenvalue weighted by molar-refractivity contribution is -0.136. The number of hydrogen-bond acceptors (Lipinski definition) is 3. The molecule has 154 valence electrons. The third-order valence-corrected chi connectivity index (χ3v) is 5.16. The average Bonchev–Trinajstić information content (AvgIpc) is 3.20. The van der Waals surface area contributed by atoms with Crippen LogP contribution in [-0.4, -0.2) is 21.8 Å². The molecule has 0 aliphatic rings. The predicted octanol–water partition coefficient (Wildman–Crippen LogP) is 4.17. The number of aryl methyl sites for hydroxylation is 1. The molecule has 1 heterocycles. The standard InChI is InChI=1S/C26H23N3O2/c1-20-17-21(19-29(20)24-15-9-4-10-16-24)18-27-28-25(30)26(31,22-11-5-2-6-12-22)23-13-7-3-8-14-23/h2-19,31H,1H3,(H,28,30)/b27-18-. The van der Waals surface area contributed by atoms with Crippen LogP contribution < -0.4 is 5.43 Å². The second kappa shape index (κ2) is 8.81. The molecule has 0 radical (unpaired) electrons. The van der Waals surface area contributed by atoms with Gasteiger partial charge < -0.3 is 9.67 Å². The van der Waals surface area contributed by atoms with Gasteiger partial charge in [0.05, 0.1) is 6.21 Å². The lowest BCUT2D eigenvalue weighted by atomic mass is 9.85. The Morgan fingerprint density at radius 3 is 1.97 bits per heavy atom. The van der Waals surface area contributed by atoms with Crippen LogP contribution in [0.2, 0.25) is 0 Å². The highest BCUT2D eigenvalue weighted by molar-refractivity contribution is 5.91. The normalized spacial score (nSPS) is 11.5. The highest BCUT2D eigenvalue weighted by Crippen LogP contribution is 2.29. The molecule has 0 atom stereocenters. The number of aromatic nitrogens is 1. The molecule has 0 aliphatic heterocycles. The first-order valence-corrected chi connectivity index (χ1v) is 10.0. The summed E-state index contributed by atoms with van der Waals surface area (Å²) in [6, 6.07) is 29.7. The molecule has 5 heteroatoms. The molecule has 0 unspecified atom stereocenters. The van der Waals surface area contributed by atoms with Gasteiger partial charge in [0.15, 0.2) is 5.60 Å². The molecule has 0 saturated heterocycles. The number of aliphatic hydroxyl groups is 1. The Morgan fingerprint density at radius 1 is 0.903 bits per heavy atom. The van der Waals surface area contributed by atoms with Gasteiger partial charge >= 0.3 is 0 Å². The van der Waals surface area contributed by atoms with Crippen molar-refractivity contribution in [2.24, 2.45) is 5.10 Å². The molecule has 1 aromatic heterocycles. The van der Waals surface area contributed by atoms with Gasteiger partial charge in [-0.1, -0.05) is 78.9 Å². The van der Waals surface area contributed by atoms with Crippen molar-refractivity contribution < 1.29 is 9.90 Å². The van der Waals surface area contributed by atoms with E-state index in [0.29, 0.717) is 11.1 Å². The van der Waals surface area contributed by atoms with Crippen LogP contribution in [0.15, 0.2) is 108 Å². The molecule has 3 aromatic carbocycles. The van der Waals surface area contributed by atoms with Crippen molar-refractivity contribution in [3.05, 3.63) is 126 Å². The van der Waals surface area contributed by atoms with Gasteiger partial charge in [0.1, 0.15) is 0 Å². The maximum atomic E-state index is 13.1. The van der Waals surface area contributed by atoms with E-state index in [9.17, 15) is 9.90 Å². The van der Waals surface area contributed by atoms with Crippen molar-refractivity contribution in [1.82, 2.24) is 9.99 Å². The number of amides is 1. The summed E-state index contributed by atoms with van der Waals surface area (Å²) in [5.41, 5.74) is 4.53. The van der Waals surface area contributed by atoms with E-state index in [4.69, 9.17) is 0 Å². The molecule has 0 fully saturated rings. The first-order valence-electron chi connectivity index (χ1n) is 10.0. The molecule has 31 heavy (non-hydrogen) atoms. The Bertz CT molecular complexity index is 1140. The Hall–Kier alpha value is -3.96. The molecule has 4 rings (SSSR count). The van der Waals surface area contributed by atoms with Crippen LogP contribution in [0.4, 0.5) is 0 Å². The van der Waals surface area contributed by atoms with Crippen molar-refractivity contribution in [2.75, 3.05) is 0 Å². The first kappa shape index (κ1) is 20.3. The summed E-state index contributed by atoms with van der Waals surface area (Å²) in [6.07, 6.45) is 3.52. The number of hydrazone groups is 1. The number of nitrogens with zero attached hydrogens (tertiary/aromatic N) is 2. The monoisotopic (exact) mass is 409 g/mol. The first-order chi connectivity index (χ1) is 15.1. The molecule has 0 saturated carbocycles. The number of para-hydroxylation sites is 1. The number of nitrogens with one attached hydrogen (secondary N) is 1. The second-order valence-corrected chi connectivity index (χ2v) is 7.26. The smallest absolute Gasteiger partial charge is 0.281 e. The van der Waals surface area contributed by atoms with E-state index in [1.807, 2.05) is 66.2 Å². The van der Waals surface area contributed by atoms with Crippen LogP contribution in [-0.2, 0) is 10.4 Å². The lowest BCUT2D eigenvalue weighted by Gasteiger charge is -2.27. The summed E-state index contributed by atoms with van der Waals surface area (Å²) in [5, 5.41) is 15.5. The van der Waals surface area contributed by atoms with Gasteiger partial charge in [0.2, 0.25) is 0 Å². The van der Waals surface area contributed by atoms with Crippen molar-refractivity contribution in [3.63, 3.8) is 0 Å². The highest BCUT2D eigenvalue weighted by Gasteiger charge is 2.39. The van der Waals surface area contributed by atoms with Crippen molar-refractivity contribution >= 4 is 12.1 Å². The predicted molar refractivity (Wildman–Crippen MR) is 122 cm³/mol. The molecule has 0 spiro atoms. The van der Waals surface area contributed by atoms with Crippen LogP contribution >= 0.6 is 0 Å². The number of carbonyl (C=O) groups is 1. The molecule has 1 amide bonds. The molecular formula is C26H23N3O2. The van der Waals surface area contributed by atoms with Gasteiger partial charge in [0, 0.05) is 23.1 Å². The summed E-state index contributed by atoms with van der Waals surface area (Å²) >= 11 is 0.